The number of likely N-dealkylation sites (N-methyl/N-ethyl adjacent to an activating group) is 1. The second-order valence-electron chi connectivity index (χ2n) is 6.68. The molecular weight excluding hydrogens is 340 g/mol. The lowest BCUT2D eigenvalue weighted by Crippen LogP contribution is -2.45. The number of hydrogen-bond acceptors (Lipinski definition) is 3. The van der Waals surface area contributed by atoms with Crippen LogP contribution in [0.1, 0.15) is 36.9 Å². The molecule has 1 aromatic heterocycles. The molecule has 0 bridgehead atoms. The van der Waals surface area contributed by atoms with Crippen LogP contribution in [0.2, 0.25) is 0 Å². The highest BCUT2D eigenvalue weighted by molar-refractivity contribution is 5.84. The standard InChI is InChI=1S/C21H26N4O2/c1-2-24(16-17-7-4-3-5-8-17)20(26)15-23-21(27)25-14-6-9-19(25)18-10-12-22-13-11-18/h3-5,7-8,10-13,19H,2,6,9,14-16H2,1H3,(H,23,27)/t19-/m0/s1. The molecule has 27 heavy (non-hydrogen) atoms. The molecule has 3 rings (SSSR count). The first-order valence-corrected chi connectivity index (χ1v) is 9.45. The number of urea groups is 1. The van der Waals surface area contributed by atoms with Gasteiger partial charge in [0, 0.05) is 32.0 Å². The van der Waals surface area contributed by atoms with E-state index in [1.165, 1.54) is 0 Å². The van der Waals surface area contributed by atoms with Crippen LogP contribution in [0.3, 0.4) is 0 Å². The Bertz CT molecular complexity index is 751. The van der Waals surface area contributed by atoms with E-state index in [2.05, 4.69) is 10.3 Å². The summed E-state index contributed by atoms with van der Waals surface area (Å²) in [5.41, 5.74) is 2.17. The second kappa shape index (κ2) is 9.16. The first-order chi connectivity index (χ1) is 13.2. The molecule has 1 aliphatic rings. The molecule has 142 valence electrons. The van der Waals surface area contributed by atoms with E-state index in [0.29, 0.717) is 19.6 Å². The minimum Gasteiger partial charge on any atom is -0.337 e. The minimum atomic E-state index is -0.182. The summed E-state index contributed by atoms with van der Waals surface area (Å²) in [7, 11) is 0. The van der Waals surface area contributed by atoms with Gasteiger partial charge in [0.2, 0.25) is 5.91 Å². The van der Waals surface area contributed by atoms with Crippen LogP contribution in [0.5, 0.6) is 0 Å². The SMILES string of the molecule is CCN(Cc1ccccc1)C(=O)CNC(=O)N1CCC[C@H]1c1ccncc1. The summed E-state index contributed by atoms with van der Waals surface area (Å²) in [6, 6.07) is 13.6. The summed E-state index contributed by atoms with van der Waals surface area (Å²) in [6.07, 6.45) is 5.38. The van der Waals surface area contributed by atoms with Gasteiger partial charge < -0.3 is 15.1 Å². The number of aromatic nitrogens is 1. The summed E-state index contributed by atoms with van der Waals surface area (Å²) in [5.74, 6) is -0.0747. The molecule has 1 saturated heterocycles. The summed E-state index contributed by atoms with van der Waals surface area (Å²) >= 11 is 0. The van der Waals surface area contributed by atoms with Crippen LogP contribution in [0, 0.1) is 0 Å². The normalized spacial score (nSPS) is 16.2. The molecule has 1 aromatic carbocycles. The summed E-state index contributed by atoms with van der Waals surface area (Å²) in [6.45, 7) is 3.82. The van der Waals surface area contributed by atoms with Gasteiger partial charge in [-0.15, -0.1) is 0 Å². The first kappa shape index (κ1) is 18.9. The largest absolute Gasteiger partial charge is 0.337 e. The topological polar surface area (TPSA) is 65.5 Å². The lowest BCUT2D eigenvalue weighted by Gasteiger charge is -2.26. The lowest BCUT2D eigenvalue weighted by atomic mass is 10.1. The molecule has 6 heteroatoms. The predicted octanol–water partition coefficient (Wildman–Crippen LogP) is 2.98. The van der Waals surface area contributed by atoms with E-state index in [1.807, 2.05) is 54.3 Å². The Hall–Kier alpha value is -2.89. The molecule has 2 heterocycles. The number of carbonyl (C=O) groups is 2. The van der Waals surface area contributed by atoms with E-state index < -0.39 is 0 Å². The molecule has 0 radical (unpaired) electrons. The number of pyridine rings is 1. The van der Waals surface area contributed by atoms with Gasteiger partial charge in [-0.3, -0.25) is 9.78 Å². The zero-order chi connectivity index (χ0) is 19.1. The van der Waals surface area contributed by atoms with Crippen LogP contribution in [-0.4, -0.2) is 46.4 Å². The predicted molar refractivity (Wildman–Crippen MR) is 104 cm³/mol. The van der Waals surface area contributed by atoms with E-state index >= 15 is 0 Å². The minimum absolute atomic E-state index is 0.0130. The Balaban J connectivity index is 1.55. The number of carbonyl (C=O) groups excluding carboxylic acids is 2. The zero-order valence-electron chi connectivity index (χ0n) is 15.7. The Labute approximate surface area is 160 Å². The second-order valence-corrected chi connectivity index (χ2v) is 6.68. The van der Waals surface area contributed by atoms with Crippen molar-refractivity contribution in [1.29, 1.82) is 0 Å². The van der Waals surface area contributed by atoms with Gasteiger partial charge in [0.25, 0.3) is 0 Å². The fourth-order valence-electron chi connectivity index (χ4n) is 3.49. The Morgan fingerprint density at radius 3 is 2.63 bits per heavy atom. The van der Waals surface area contributed by atoms with Crippen molar-refractivity contribution >= 4 is 11.9 Å². The Kier molecular flexibility index (Phi) is 6.41. The van der Waals surface area contributed by atoms with Crippen LogP contribution < -0.4 is 5.32 Å². The van der Waals surface area contributed by atoms with E-state index in [9.17, 15) is 9.59 Å². The van der Waals surface area contributed by atoms with E-state index in [1.54, 1.807) is 17.3 Å². The molecule has 6 nitrogen and oxygen atoms in total. The van der Waals surface area contributed by atoms with Crippen molar-refractivity contribution in [2.75, 3.05) is 19.6 Å². The fraction of sp³-hybridized carbons (Fsp3) is 0.381. The molecule has 1 fully saturated rings. The number of likely N-dealkylation sites (tertiary alicyclic amines) is 1. The third kappa shape index (κ3) is 4.84. The van der Waals surface area contributed by atoms with Gasteiger partial charge in [0.1, 0.15) is 0 Å². The van der Waals surface area contributed by atoms with Crippen LogP contribution in [-0.2, 0) is 11.3 Å². The number of nitrogens with one attached hydrogen (secondary N) is 1. The summed E-state index contributed by atoms with van der Waals surface area (Å²) in [4.78, 5) is 32.8. The Morgan fingerprint density at radius 1 is 1.19 bits per heavy atom. The molecule has 1 aliphatic heterocycles. The number of rotatable bonds is 6. The van der Waals surface area contributed by atoms with Crippen molar-refractivity contribution in [1.82, 2.24) is 20.1 Å². The molecule has 0 aliphatic carbocycles. The van der Waals surface area contributed by atoms with Gasteiger partial charge in [0.15, 0.2) is 0 Å². The number of hydrogen-bond donors (Lipinski definition) is 1. The van der Waals surface area contributed by atoms with Crippen molar-refractivity contribution in [2.45, 2.75) is 32.4 Å². The van der Waals surface area contributed by atoms with E-state index in [0.717, 1.165) is 24.0 Å². The highest BCUT2D eigenvalue weighted by Gasteiger charge is 2.30. The summed E-state index contributed by atoms with van der Waals surface area (Å²) in [5, 5.41) is 2.80. The average Bonchev–Trinajstić information content (AvgIpc) is 3.21. The van der Waals surface area contributed by atoms with Crippen molar-refractivity contribution < 1.29 is 9.59 Å². The van der Waals surface area contributed by atoms with Crippen LogP contribution in [0.4, 0.5) is 4.79 Å². The van der Waals surface area contributed by atoms with Crippen molar-refractivity contribution in [3.8, 4) is 0 Å². The molecule has 0 unspecified atom stereocenters. The van der Waals surface area contributed by atoms with Crippen LogP contribution in [0.15, 0.2) is 54.9 Å². The smallest absolute Gasteiger partial charge is 0.318 e. The molecule has 0 spiro atoms. The van der Waals surface area contributed by atoms with Gasteiger partial charge >= 0.3 is 6.03 Å². The monoisotopic (exact) mass is 366 g/mol. The van der Waals surface area contributed by atoms with Gasteiger partial charge in [-0.25, -0.2) is 4.79 Å². The summed E-state index contributed by atoms with van der Waals surface area (Å²) < 4.78 is 0. The molecule has 3 amide bonds. The number of benzene rings is 1. The molecule has 2 aromatic rings. The zero-order valence-corrected chi connectivity index (χ0v) is 15.7. The third-order valence-electron chi connectivity index (χ3n) is 4.95. The van der Waals surface area contributed by atoms with E-state index in [4.69, 9.17) is 0 Å². The quantitative estimate of drug-likeness (QED) is 0.855. The number of nitrogens with zero attached hydrogens (tertiary/aromatic N) is 3. The van der Waals surface area contributed by atoms with Crippen LogP contribution >= 0.6 is 0 Å². The maximum Gasteiger partial charge on any atom is 0.318 e. The Morgan fingerprint density at radius 2 is 1.93 bits per heavy atom. The highest BCUT2D eigenvalue weighted by atomic mass is 16.2. The van der Waals surface area contributed by atoms with Crippen LogP contribution in [0.25, 0.3) is 0 Å². The highest BCUT2D eigenvalue weighted by Crippen LogP contribution is 2.31. The third-order valence-corrected chi connectivity index (χ3v) is 4.95. The first-order valence-electron chi connectivity index (χ1n) is 9.45. The molecular formula is C21H26N4O2. The molecule has 1 atom stereocenters. The van der Waals surface area contributed by atoms with Gasteiger partial charge in [0.05, 0.1) is 12.6 Å². The van der Waals surface area contributed by atoms with Gasteiger partial charge in [-0.1, -0.05) is 30.3 Å². The van der Waals surface area contributed by atoms with Gasteiger partial charge in [-0.05, 0) is 43.0 Å². The van der Waals surface area contributed by atoms with Crippen molar-refractivity contribution in [2.24, 2.45) is 0 Å². The average molecular weight is 366 g/mol. The van der Waals surface area contributed by atoms with Gasteiger partial charge in [-0.2, -0.15) is 0 Å². The maximum absolute atomic E-state index is 12.6. The van der Waals surface area contributed by atoms with Crippen molar-refractivity contribution in [3.05, 3.63) is 66.0 Å². The lowest BCUT2D eigenvalue weighted by molar-refractivity contribution is -0.130. The molecule has 0 saturated carbocycles. The van der Waals surface area contributed by atoms with E-state index in [-0.39, 0.29) is 24.5 Å². The van der Waals surface area contributed by atoms with Crippen molar-refractivity contribution in [3.63, 3.8) is 0 Å². The maximum atomic E-state index is 12.6. The molecule has 1 N–H and O–H groups in total. The number of amides is 3. The fourth-order valence-corrected chi connectivity index (χ4v) is 3.49.